The Morgan fingerprint density at radius 1 is 1.35 bits per heavy atom. The Labute approximate surface area is 99.6 Å². The van der Waals surface area contributed by atoms with Gasteiger partial charge in [0.15, 0.2) is 5.75 Å². The fourth-order valence-corrected chi connectivity index (χ4v) is 2.81. The van der Waals surface area contributed by atoms with E-state index in [-0.39, 0.29) is 11.1 Å². The van der Waals surface area contributed by atoms with Crippen molar-refractivity contribution in [3.63, 3.8) is 0 Å². The molecule has 17 heavy (non-hydrogen) atoms. The summed E-state index contributed by atoms with van der Waals surface area (Å²) in [4.78, 5) is 11.1. The number of fused-ring (bicyclic) bond motifs is 1. The van der Waals surface area contributed by atoms with Crippen LogP contribution < -0.4 is 10.1 Å². The molecular formula is C13H15NO3. The first kappa shape index (κ1) is 10.4. The molecule has 1 aromatic carbocycles. The van der Waals surface area contributed by atoms with Crippen LogP contribution in [0.4, 0.5) is 5.69 Å². The maximum atomic E-state index is 11.1. The van der Waals surface area contributed by atoms with Gasteiger partial charge < -0.3 is 15.2 Å². The zero-order chi connectivity index (χ0) is 11.9. The summed E-state index contributed by atoms with van der Waals surface area (Å²) in [5, 5.41) is 12.6. The van der Waals surface area contributed by atoms with Crippen molar-refractivity contribution in [2.24, 2.45) is 0 Å². The van der Waals surface area contributed by atoms with Crippen LogP contribution in [0.2, 0.25) is 0 Å². The summed E-state index contributed by atoms with van der Waals surface area (Å²) in [5.41, 5.74) is 1.09. The van der Waals surface area contributed by atoms with Crippen LogP contribution in [0.5, 0.6) is 5.75 Å². The van der Waals surface area contributed by atoms with Crippen molar-refractivity contribution < 1.29 is 14.6 Å². The number of nitrogens with one attached hydrogen (secondary N) is 1. The average molecular weight is 233 g/mol. The van der Waals surface area contributed by atoms with Crippen molar-refractivity contribution >= 4 is 11.7 Å². The van der Waals surface area contributed by atoms with Crippen molar-refractivity contribution in [1.29, 1.82) is 0 Å². The molecule has 0 radical (unpaired) electrons. The Kier molecular flexibility index (Phi) is 2.24. The van der Waals surface area contributed by atoms with E-state index in [9.17, 15) is 4.79 Å². The fraction of sp³-hybridized carbons (Fsp3) is 0.462. The maximum Gasteiger partial charge on any atom is 0.339 e. The number of rotatable bonds is 1. The van der Waals surface area contributed by atoms with Gasteiger partial charge in [-0.2, -0.15) is 0 Å². The summed E-state index contributed by atoms with van der Waals surface area (Å²) in [5.74, 6) is -0.455. The maximum absolute atomic E-state index is 11.1. The van der Waals surface area contributed by atoms with E-state index in [1.54, 1.807) is 12.1 Å². The molecule has 2 aliphatic rings. The fourth-order valence-electron chi connectivity index (χ4n) is 2.81. The van der Waals surface area contributed by atoms with E-state index in [0.717, 1.165) is 18.5 Å². The third-order valence-corrected chi connectivity index (χ3v) is 3.70. The van der Waals surface area contributed by atoms with Gasteiger partial charge in [0.25, 0.3) is 0 Å². The minimum atomic E-state index is -0.939. The number of para-hydroxylation sites is 1. The SMILES string of the molecule is O=C(O)c1cccc2c1OCC1(CCCC1)N2. The predicted molar refractivity (Wildman–Crippen MR) is 63.7 cm³/mol. The standard InChI is InChI=1S/C13H15NO3/c15-12(16)9-4-3-5-10-11(9)17-8-13(14-10)6-1-2-7-13/h3-5,14H,1-2,6-8H2,(H,15,16). The summed E-state index contributed by atoms with van der Waals surface area (Å²) in [6, 6.07) is 5.23. The lowest BCUT2D eigenvalue weighted by Gasteiger charge is -2.37. The van der Waals surface area contributed by atoms with E-state index in [1.807, 2.05) is 6.07 Å². The van der Waals surface area contributed by atoms with Gasteiger partial charge in [-0.1, -0.05) is 18.9 Å². The minimum Gasteiger partial charge on any atom is -0.488 e. The number of carbonyl (C=O) groups is 1. The summed E-state index contributed by atoms with van der Waals surface area (Å²) >= 11 is 0. The molecule has 2 N–H and O–H groups in total. The lowest BCUT2D eigenvalue weighted by molar-refractivity contribution is 0.0690. The molecule has 3 rings (SSSR count). The molecule has 1 heterocycles. The normalized spacial score (nSPS) is 20.5. The minimum absolute atomic E-state index is 0.0319. The van der Waals surface area contributed by atoms with Crippen LogP contribution in [-0.4, -0.2) is 23.2 Å². The molecule has 0 atom stereocenters. The summed E-state index contributed by atoms with van der Waals surface area (Å²) in [7, 11) is 0. The zero-order valence-corrected chi connectivity index (χ0v) is 9.53. The molecule has 1 fully saturated rings. The van der Waals surface area contributed by atoms with Crippen LogP contribution in [0, 0.1) is 0 Å². The quantitative estimate of drug-likeness (QED) is 0.782. The number of carboxylic acid groups (broad SMARTS) is 1. The topological polar surface area (TPSA) is 58.6 Å². The Balaban J connectivity index is 1.98. The molecule has 0 amide bonds. The van der Waals surface area contributed by atoms with Gasteiger partial charge in [0, 0.05) is 0 Å². The molecule has 1 saturated carbocycles. The van der Waals surface area contributed by atoms with Crippen LogP contribution in [0.1, 0.15) is 36.0 Å². The van der Waals surface area contributed by atoms with Crippen LogP contribution in [-0.2, 0) is 0 Å². The van der Waals surface area contributed by atoms with Crippen LogP contribution in [0.25, 0.3) is 0 Å². The molecule has 0 aromatic heterocycles. The lowest BCUT2D eigenvalue weighted by atomic mass is 9.96. The van der Waals surface area contributed by atoms with Crippen molar-refractivity contribution in [1.82, 2.24) is 0 Å². The average Bonchev–Trinajstić information content (AvgIpc) is 2.76. The monoisotopic (exact) mass is 233 g/mol. The Morgan fingerprint density at radius 3 is 2.82 bits per heavy atom. The molecule has 0 saturated heterocycles. The highest BCUT2D eigenvalue weighted by Crippen LogP contribution is 2.41. The molecule has 4 heteroatoms. The number of ether oxygens (including phenoxy) is 1. The molecule has 90 valence electrons. The number of hydrogen-bond acceptors (Lipinski definition) is 3. The van der Waals surface area contributed by atoms with Crippen LogP contribution in [0.15, 0.2) is 18.2 Å². The van der Waals surface area contributed by atoms with Gasteiger partial charge in [0.05, 0.1) is 11.2 Å². The highest BCUT2D eigenvalue weighted by atomic mass is 16.5. The molecule has 1 aliphatic carbocycles. The Bertz CT molecular complexity index is 464. The van der Waals surface area contributed by atoms with Crippen LogP contribution in [0.3, 0.4) is 0 Å². The van der Waals surface area contributed by atoms with Gasteiger partial charge in [0.2, 0.25) is 0 Å². The van der Waals surface area contributed by atoms with E-state index >= 15 is 0 Å². The molecule has 1 aliphatic heterocycles. The van der Waals surface area contributed by atoms with E-state index < -0.39 is 5.97 Å². The highest BCUT2D eigenvalue weighted by Gasteiger charge is 2.39. The predicted octanol–water partition coefficient (Wildman–Crippen LogP) is 2.50. The molecule has 1 aromatic rings. The third kappa shape index (κ3) is 1.64. The first-order valence-corrected chi connectivity index (χ1v) is 5.98. The van der Waals surface area contributed by atoms with E-state index in [2.05, 4.69) is 5.32 Å². The summed E-state index contributed by atoms with van der Waals surface area (Å²) in [6.07, 6.45) is 4.63. The van der Waals surface area contributed by atoms with E-state index in [4.69, 9.17) is 9.84 Å². The lowest BCUT2D eigenvalue weighted by Crippen LogP contribution is -2.44. The summed E-state index contributed by atoms with van der Waals surface area (Å²) in [6.45, 7) is 0.574. The highest BCUT2D eigenvalue weighted by molar-refractivity contribution is 5.93. The van der Waals surface area contributed by atoms with Crippen molar-refractivity contribution in [3.05, 3.63) is 23.8 Å². The second-order valence-corrected chi connectivity index (χ2v) is 4.89. The molecule has 0 unspecified atom stereocenters. The largest absolute Gasteiger partial charge is 0.488 e. The second-order valence-electron chi connectivity index (χ2n) is 4.89. The van der Waals surface area contributed by atoms with Crippen LogP contribution >= 0.6 is 0 Å². The van der Waals surface area contributed by atoms with Crippen molar-refractivity contribution in [3.8, 4) is 5.75 Å². The van der Waals surface area contributed by atoms with Gasteiger partial charge in [-0.3, -0.25) is 0 Å². The smallest absolute Gasteiger partial charge is 0.339 e. The number of aromatic carboxylic acids is 1. The van der Waals surface area contributed by atoms with Gasteiger partial charge in [-0.25, -0.2) is 4.79 Å². The van der Waals surface area contributed by atoms with Gasteiger partial charge >= 0.3 is 5.97 Å². The molecule has 0 bridgehead atoms. The third-order valence-electron chi connectivity index (χ3n) is 3.70. The first-order valence-electron chi connectivity index (χ1n) is 5.98. The second kappa shape index (κ2) is 3.65. The van der Waals surface area contributed by atoms with Crippen molar-refractivity contribution in [2.75, 3.05) is 11.9 Å². The van der Waals surface area contributed by atoms with Gasteiger partial charge in [-0.05, 0) is 25.0 Å². The van der Waals surface area contributed by atoms with E-state index in [1.165, 1.54) is 12.8 Å². The van der Waals surface area contributed by atoms with E-state index in [0.29, 0.717) is 12.4 Å². The molecule has 4 nitrogen and oxygen atoms in total. The molecular weight excluding hydrogens is 218 g/mol. The number of anilines is 1. The van der Waals surface area contributed by atoms with Crippen molar-refractivity contribution in [2.45, 2.75) is 31.2 Å². The summed E-state index contributed by atoms with van der Waals surface area (Å²) < 4.78 is 5.71. The number of hydrogen-bond donors (Lipinski definition) is 2. The number of benzene rings is 1. The van der Waals surface area contributed by atoms with Gasteiger partial charge in [0.1, 0.15) is 12.2 Å². The Morgan fingerprint density at radius 2 is 2.12 bits per heavy atom. The zero-order valence-electron chi connectivity index (χ0n) is 9.53. The number of carboxylic acids is 1. The Hall–Kier alpha value is -1.71. The van der Waals surface area contributed by atoms with Gasteiger partial charge in [-0.15, -0.1) is 0 Å². The first-order chi connectivity index (χ1) is 8.20. The molecule has 1 spiro atoms.